The summed E-state index contributed by atoms with van der Waals surface area (Å²) in [7, 11) is 0. The van der Waals surface area contributed by atoms with Crippen molar-refractivity contribution in [1.82, 2.24) is 5.32 Å². The molecule has 110 valence electrons. The summed E-state index contributed by atoms with van der Waals surface area (Å²) >= 11 is 0. The Balaban J connectivity index is 1.76. The van der Waals surface area contributed by atoms with Crippen molar-refractivity contribution in [3.8, 4) is 0 Å². The van der Waals surface area contributed by atoms with Gasteiger partial charge in [0.2, 0.25) is 0 Å². The Bertz CT molecular complexity index is 300. The molecule has 0 bridgehead atoms. The Morgan fingerprint density at radius 2 is 2.00 bits per heavy atom. The lowest BCUT2D eigenvalue weighted by atomic mass is 9.60. The number of carbonyl (C=O) groups excluding carboxylic acids is 1. The molecule has 0 heterocycles. The van der Waals surface area contributed by atoms with Crippen molar-refractivity contribution in [3.05, 3.63) is 0 Å². The lowest BCUT2D eigenvalue weighted by molar-refractivity contribution is -0.144. The molecule has 0 amide bonds. The summed E-state index contributed by atoms with van der Waals surface area (Å²) < 4.78 is 10.8. The Hall–Kier alpha value is -0.610. The van der Waals surface area contributed by atoms with Gasteiger partial charge in [0.1, 0.15) is 0 Å². The molecule has 2 fully saturated rings. The van der Waals surface area contributed by atoms with Crippen molar-refractivity contribution < 1.29 is 14.3 Å². The topological polar surface area (TPSA) is 47.6 Å². The van der Waals surface area contributed by atoms with Gasteiger partial charge in [-0.3, -0.25) is 4.79 Å². The second kappa shape index (κ2) is 6.71. The van der Waals surface area contributed by atoms with E-state index in [-0.39, 0.29) is 5.97 Å². The molecule has 0 aromatic carbocycles. The fraction of sp³-hybridized carbons (Fsp3) is 0.933. The number of nitrogens with one attached hydrogen (secondary N) is 1. The molecule has 19 heavy (non-hydrogen) atoms. The van der Waals surface area contributed by atoms with Gasteiger partial charge in [-0.25, -0.2) is 0 Å². The van der Waals surface area contributed by atoms with E-state index in [4.69, 9.17) is 9.47 Å². The first-order valence-corrected chi connectivity index (χ1v) is 7.73. The summed E-state index contributed by atoms with van der Waals surface area (Å²) in [6, 6.07) is 0.529. The van der Waals surface area contributed by atoms with Gasteiger partial charge in [-0.1, -0.05) is 12.8 Å². The van der Waals surface area contributed by atoms with Crippen LogP contribution in [0.2, 0.25) is 0 Å². The lowest BCUT2D eigenvalue weighted by Crippen LogP contribution is -2.62. The molecule has 0 aromatic rings. The highest BCUT2D eigenvalue weighted by Gasteiger charge is 2.56. The summed E-state index contributed by atoms with van der Waals surface area (Å²) in [5.41, 5.74) is 0.352. The number of rotatable bonds is 7. The fourth-order valence-corrected chi connectivity index (χ4v) is 3.75. The van der Waals surface area contributed by atoms with Crippen LogP contribution in [-0.4, -0.2) is 37.9 Å². The minimum Gasteiger partial charge on any atom is -0.466 e. The van der Waals surface area contributed by atoms with Crippen molar-refractivity contribution in [1.29, 1.82) is 0 Å². The highest BCUT2D eigenvalue weighted by molar-refractivity contribution is 5.69. The number of hydrogen-bond acceptors (Lipinski definition) is 4. The molecular weight excluding hydrogens is 242 g/mol. The van der Waals surface area contributed by atoms with Crippen molar-refractivity contribution in [2.45, 2.75) is 64.5 Å². The standard InChI is InChI=1S/C15H27NO3/c1-3-18-13-11-12(15(13)8-5-6-9-15)16-10-7-14(17)19-4-2/h12-13,16H,3-11H2,1-2H3. The monoisotopic (exact) mass is 269 g/mol. The molecule has 2 rings (SSSR count). The van der Waals surface area contributed by atoms with Crippen LogP contribution in [0, 0.1) is 5.41 Å². The van der Waals surface area contributed by atoms with Crippen LogP contribution in [0.5, 0.6) is 0 Å². The first-order chi connectivity index (χ1) is 9.23. The maximum absolute atomic E-state index is 11.3. The minimum atomic E-state index is -0.101. The Morgan fingerprint density at radius 3 is 2.63 bits per heavy atom. The molecule has 2 aliphatic carbocycles. The van der Waals surface area contributed by atoms with Crippen molar-refractivity contribution in [3.63, 3.8) is 0 Å². The van der Waals surface area contributed by atoms with Crippen LogP contribution in [0.15, 0.2) is 0 Å². The van der Waals surface area contributed by atoms with Gasteiger partial charge in [0.05, 0.1) is 19.1 Å². The molecule has 0 aliphatic heterocycles. The molecule has 1 N–H and O–H groups in total. The van der Waals surface area contributed by atoms with Crippen LogP contribution >= 0.6 is 0 Å². The van der Waals surface area contributed by atoms with E-state index in [0.29, 0.717) is 30.6 Å². The minimum absolute atomic E-state index is 0.101. The van der Waals surface area contributed by atoms with Gasteiger partial charge in [-0.15, -0.1) is 0 Å². The zero-order valence-corrected chi connectivity index (χ0v) is 12.2. The molecule has 0 aromatic heterocycles. The first kappa shape index (κ1) is 14.8. The Kier molecular flexibility index (Phi) is 5.22. The number of hydrogen-bond donors (Lipinski definition) is 1. The molecule has 0 radical (unpaired) electrons. The summed E-state index contributed by atoms with van der Waals surface area (Å²) in [6.45, 7) is 5.92. The number of carbonyl (C=O) groups is 1. The second-order valence-corrected chi connectivity index (χ2v) is 5.68. The van der Waals surface area contributed by atoms with E-state index in [1.54, 1.807) is 0 Å². The SMILES string of the molecule is CCOC(=O)CCNC1CC(OCC)C12CCCC2. The van der Waals surface area contributed by atoms with Crippen LogP contribution in [0.4, 0.5) is 0 Å². The van der Waals surface area contributed by atoms with Crippen LogP contribution in [0.3, 0.4) is 0 Å². The van der Waals surface area contributed by atoms with E-state index >= 15 is 0 Å². The molecular formula is C15H27NO3. The highest BCUT2D eigenvalue weighted by Crippen LogP contribution is 2.54. The van der Waals surface area contributed by atoms with Crippen LogP contribution < -0.4 is 5.32 Å². The predicted octanol–water partition coefficient (Wildman–Crippen LogP) is 2.27. The largest absolute Gasteiger partial charge is 0.466 e. The third kappa shape index (κ3) is 3.11. The summed E-state index contributed by atoms with van der Waals surface area (Å²) in [5, 5.41) is 3.55. The van der Waals surface area contributed by atoms with Gasteiger partial charge in [-0.05, 0) is 33.1 Å². The molecule has 2 aliphatic rings. The number of ether oxygens (including phenoxy) is 2. The molecule has 2 unspecified atom stereocenters. The van der Waals surface area contributed by atoms with Gasteiger partial charge in [0.25, 0.3) is 0 Å². The quantitative estimate of drug-likeness (QED) is 0.720. The smallest absolute Gasteiger partial charge is 0.307 e. The van der Waals surface area contributed by atoms with Gasteiger partial charge in [0, 0.05) is 24.6 Å². The summed E-state index contributed by atoms with van der Waals surface area (Å²) in [5.74, 6) is -0.101. The zero-order chi connectivity index (χ0) is 13.7. The maximum atomic E-state index is 11.3. The van der Waals surface area contributed by atoms with Gasteiger partial charge in [-0.2, -0.15) is 0 Å². The van der Waals surface area contributed by atoms with E-state index in [2.05, 4.69) is 12.2 Å². The first-order valence-electron chi connectivity index (χ1n) is 7.73. The lowest BCUT2D eigenvalue weighted by Gasteiger charge is -2.54. The molecule has 0 saturated heterocycles. The normalized spacial score (nSPS) is 28.3. The summed E-state index contributed by atoms with van der Waals surface area (Å²) in [6.07, 6.45) is 7.18. The van der Waals surface area contributed by atoms with Crippen LogP contribution in [-0.2, 0) is 14.3 Å². The van der Waals surface area contributed by atoms with Crippen LogP contribution in [0.1, 0.15) is 52.4 Å². The number of esters is 1. The van der Waals surface area contributed by atoms with E-state index in [0.717, 1.165) is 19.6 Å². The van der Waals surface area contributed by atoms with E-state index in [9.17, 15) is 4.79 Å². The van der Waals surface area contributed by atoms with Gasteiger partial charge >= 0.3 is 5.97 Å². The predicted molar refractivity (Wildman–Crippen MR) is 74.0 cm³/mol. The molecule has 1 spiro atoms. The fourth-order valence-electron chi connectivity index (χ4n) is 3.75. The molecule has 4 heteroatoms. The Labute approximate surface area is 116 Å². The van der Waals surface area contributed by atoms with E-state index in [1.165, 1.54) is 25.7 Å². The van der Waals surface area contributed by atoms with Gasteiger partial charge < -0.3 is 14.8 Å². The van der Waals surface area contributed by atoms with Crippen molar-refractivity contribution >= 4 is 5.97 Å². The molecule has 2 atom stereocenters. The average Bonchev–Trinajstić information content (AvgIpc) is 2.89. The summed E-state index contributed by atoms with van der Waals surface area (Å²) in [4.78, 5) is 11.3. The zero-order valence-electron chi connectivity index (χ0n) is 12.2. The maximum Gasteiger partial charge on any atom is 0.307 e. The third-order valence-electron chi connectivity index (χ3n) is 4.71. The highest BCUT2D eigenvalue weighted by atomic mass is 16.5. The average molecular weight is 269 g/mol. The Morgan fingerprint density at radius 1 is 1.26 bits per heavy atom. The van der Waals surface area contributed by atoms with E-state index in [1.807, 2.05) is 6.92 Å². The van der Waals surface area contributed by atoms with Crippen molar-refractivity contribution in [2.75, 3.05) is 19.8 Å². The second-order valence-electron chi connectivity index (χ2n) is 5.68. The van der Waals surface area contributed by atoms with Gasteiger partial charge in [0.15, 0.2) is 0 Å². The molecule has 4 nitrogen and oxygen atoms in total. The third-order valence-corrected chi connectivity index (χ3v) is 4.71. The van der Waals surface area contributed by atoms with E-state index < -0.39 is 0 Å². The van der Waals surface area contributed by atoms with Crippen LogP contribution in [0.25, 0.3) is 0 Å². The molecule has 2 saturated carbocycles. The van der Waals surface area contributed by atoms with Crippen molar-refractivity contribution in [2.24, 2.45) is 5.41 Å².